The summed E-state index contributed by atoms with van der Waals surface area (Å²) in [6, 6.07) is 14.6. The van der Waals surface area contributed by atoms with Gasteiger partial charge < -0.3 is 10.1 Å². The van der Waals surface area contributed by atoms with Crippen molar-refractivity contribution in [2.75, 3.05) is 5.32 Å². The highest BCUT2D eigenvalue weighted by molar-refractivity contribution is 6.30. The molecule has 0 unspecified atom stereocenters. The molecule has 1 amide bonds. The summed E-state index contributed by atoms with van der Waals surface area (Å²) >= 11 is 5.83. The summed E-state index contributed by atoms with van der Waals surface area (Å²) in [4.78, 5) is 12.2. The van der Waals surface area contributed by atoms with Crippen LogP contribution in [0.2, 0.25) is 5.02 Å². The minimum atomic E-state index is -0.535. The van der Waals surface area contributed by atoms with Gasteiger partial charge in [-0.15, -0.1) is 0 Å². The Morgan fingerprint density at radius 3 is 2.33 bits per heavy atom. The van der Waals surface area contributed by atoms with Crippen LogP contribution in [-0.2, 0) is 4.79 Å². The van der Waals surface area contributed by atoms with Crippen LogP contribution in [0, 0.1) is 6.92 Å². The van der Waals surface area contributed by atoms with E-state index in [2.05, 4.69) is 5.32 Å². The Labute approximate surface area is 129 Å². The molecule has 21 heavy (non-hydrogen) atoms. The Morgan fingerprint density at radius 1 is 1.14 bits per heavy atom. The molecule has 0 aromatic heterocycles. The van der Waals surface area contributed by atoms with E-state index in [1.54, 1.807) is 24.3 Å². The number of carbonyl (C=O) groups is 1. The molecule has 0 aliphatic heterocycles. The Morgan fingerprint density at radius 2 is 1.76 bits per heavy atom. The molecule has 0 aliphatic rings. The molecule has 0 saturated carbocycles. The second-order valence-corrected chi connectivity index (χ2v) is 5.26. The molecule has 0 bridgehead atoms. The first kappa shape index (κ1) is 15.4. The number of aryl methyl sites for hydroxylation is 1. The van der Waals surface area contributed by atoms with Gasteiger partial charge in [-0.1, -0.05) is 36.2 Å². The van der Waals surface area contributed by atoms with Crippen LogP contribution in [0.25, 0.3) is 0 Å². The number of anilines is 1. The molecule has 2 aromatic rings. The van der Waals surface area contributed by atoms with Gasteiger partial charge >= 0.3 is 0 Å². The zero-order chi connectivity index (χ0) is 15.2. The lowest BCUT2D eigenvalue weighted by Crippen LogP contribution is -2.32. The van der Waals surface area contributed by atoms with Crippen LogP contribution >= 0.6 is 11.6 Å². The maximum atomic E-state index is 12.2. The molecule has 0 heterocycles. The number of hydrogen-bond acceptors (Lipinski definition) is 2. The zero-order valence-electron chi connectivity index (χ0n) is 12.1. The largest absolute Gasteiger partial charge is 0.481 e. The third-order valence-corrected chi connectivity index (χ3v) is 3.33. The summed E-state index contributed by atoms with van der Waals surface area (Å²) < 4.78 is 5.71. The molecule has 110 valence electrons. The van der Waals surface area contributed by atoms with Gasteiger partial charge in [0.1, 0.15) is 5.75 Å². The molecule has 0 spiro atoms. The van der Waals surface area contributed by atoms with Crippen molar-refractivity contribution in [2.24, 2.45) is 0 Å². The van der Waals surface area contributed by atoms with Crippen molar-refractivity contribution in [3.63, 3.8) is 0 Å². The Balaban J connectivity index is 2.01. The number of nitrogens with one attached hydrogen (secondary N) is 1. The molecular formula is C17H18ClNO2. The molecule has 3 nitrogen and oxygen atoms in total. The van der Waals surface area contributed by atoms with E-state index in [4.69, 9.17) is 16.3 Å². The van der Waals surface area contributed by atoms with Crippen LogP contribution in [0.3, 0.4) is 0 Å². The number of ether oxygens (including phenoxy) is 1. The third kappa shape index (κ3) is 4.50. The van der Waals surface area contributed by atoms with E-state index in [0.29, 0.717) is 17.2 Å². The maximum Gasteiger partial charge on any atom is 0.265 e. The summed E-state index contributed by atoms with van der Waals surface area (Å²) in [5.74, 6) is 0.474. The van der Waals surface area contributed by atoms with E-state index in [9.17, 15) is 4.79 Å². The molecule has 0 fully saturated rings. The summed E-state index contributed by atoms with van der Waals surface area (Å²) in [6.45, 7) is 3.92. The minimum absolute atomic E-state index is 0.156. The fourth-order valence-corrected chi connectivity index (χ4v) is 1.99. The maximum absolute atomic E-state index is 12.2. The summed E-state index contributed by atoms with van der Waals surface area (Å²) in [5, 5.41) is 3.50. The highest BCUT2D eigenvalue weighted by Gasteiger charge is 2.18. The van der Waals surface area contributed by atoms with Crippen molar-refractivity contribution in [2.45, 2.75) is 26.4 Å². The van der Waals surface area contributed by atoms with Crippen LogP contribution in [0.5, 0.6) is 5.75 Å². The van der Waals surface area contributed by atoms with Crippen LogP contribution < -0.4 is 10.1 Å². The highest BCUT2D eigenvalue weighted by atomic mass is 35.5. The number of carbonyl (C=O) groups excluding carboxylic acids is 1. The lowest BCUT2D eigenvalue weighted by atomic mass is 10.2. The van der Waals surface area contributed by atoms with Gasteiger partial charge in [0.25, 0.3) is 5.91 Å². The molecule has 2 rings (SSSR count). The SMILES string of the molecule is CC[C@H](Oc1ccc(Cl)cc1)C(=O)Nc1ccc(C)cc1. The second kappa shape index (κ2) is 7.14. The predicted molar refractivity (Wildman–Crippen MR) is 86.0 cm³/mol. The fraction of sp³-hybridized carbons (Fsp3) is 0.235. The average Bonchev–Trinajstić information content (AvgIpc) is 2.49. The number of halogens is 1. The van der Waals surface area contributed by atoms with Gasteiger partial charge in [-0.05, 0) is 49.7 Å². The Hall–Kier alpha value is -2.00. The number of hydrogen-bond donors (Lipinski definition) is 1. The molecule has 1 atom stereocenters. The van der Waals surface area contributed by atoms with Gasteiger partial charge in [-0.2, -0.15) is 0 Å². The number of amides is 1. The molecule has 0 saturated heterocycles. The first-order valence-electron chi connectivity index (χ1n) is 6.88. The highest BCUT2D eigenvalue weighted by Crippen LogP contribution is 2.18. The molecule has 2 aromatic carbocycles. The van der Waals surface area contributed by atoms with E-state index in [0.717, 1.165) is 11.3 Å². The zero-order valence-corrected chi connectivity index (χ0v) is 12.9. The van der Waals surface area contributed by atoms with Gasteiger partial charge in [-0.25, -0.2) is 0 Å². The van der Waals surface area contributed by atoms with Crippen molar-refractivity contribution < 1.29 is 9.53 Å². The first-order chi connectivity index (χ1) is 10.1. The Kier molecular flexibility index (Phi) is 5.23. The van der Waals surface area contributed by atoms with Crippen molar-refractivity contribution in [3.05, 3.63) is 59.1 Å². The van der Waals surface area contributed by atoms with Crippen LogP contribution in [0.15, 0.2) is 48.5 Å². The summed E-state index contributed by atoms with van der Waals surface area (Å²) in [6.07, 6.45) is 0.0489. The van der Waals surface area contributed by atoms with Gasteiger partial charge in [0.2, 0.25) is 0 Å². The average molecular weight is 304 g/mol. The van der Waals surface area contributed by atoms with Crippen LogP contribution in [0.4, 0.5) is 5.69 Å². The molecule has 0 radical (unpaired) electrons. The van der Waals surface area contributed by atoms with E-state index in [1.165, 1.54) is 0 Å². The number of rotatable bonds is 5. The molecule has 1 N–H and O–H groups in total. The fourth-order valence-electron chi connectivity index (χ4n) is 1.86. The van der Waals surface area contributed by atoms with E-state index < -0.39 is 6.10 Å². The quantitative estimate of drug-likeness (QED) is 0.886. The van der Waals surface area contributed by atoms with Crippen molar-refractivity contribution in [1.29, 1.82) is 0 Å². The smallest absolute Gasteiger partial charge is 0.265 e. The molecular weight excluding hydrogens is 286 g/mol. The van der Waals surface area contributed by atoms with Gasteiger partial charge in [0, 0.05) is 10.7 Å². The van der Waals surface area contributed by atoms with Crippen molar-refractivity contribution >= 4 is 23.2 Å². The Bertz CT molecular complexity index is 593. The third-order valence-electron chi connectivity index (χ3n) is 3.07. The second-order valence-electron chi connectivity index (χ2n) is 4.82. The lowest BCUT2D eigenvalue weighted by molar-refractivity contribution is -0.122. The van der Waals surface area contributed by atoms with Crippen molar-refractivity contribution in [3.8, 4) is 5.75 Å². The normalized spacial score (nSPS) is 11.8. The van der Waals surface area contributed by atoms with Crippen LogP contribution in [0.1, 0.15) is 18.9 Å². The summed E-state index contributed by atoms with van der Waals surface area (Å²) in [5.41, 5.74) is 1.92. The first-order valence-corrected chi connectivity index (χ1v) is 7.26. The standard InChI is InChI=1S/C17H18ClNO2/c1-3-16(21-15-10-6-13(18)7-11-15)17(20)19-14-8-4-12(2)5-9-14/h4-11,16H,3H2,1-2H3,(H,19,20)/t16-/m0/s1. The van der Waals surface area contributed by atoms with Crippen molar-refractivity contribution in [1.82, 2.24) is 0 Å². The van der Waals surface area contributed by atoms with Crippen LogP contribution in [-0.4, -0.2) is 12.0 Å². The molecule has 0 aliphatic carbocycles. The van der Waals surface area contributed by atoms with Gasteiger partial charge in [0.05, 0.1) is 0 Å². The monoisotopic (exact) mass is 303 g/mol. The topological polar surface area (TPSA) is 38.3 Å². The van der Waals surface area contributed by atoms with Gasteiger partial charge in [0.15, 0.2) is 6.10 Å². The number of benzene rings is 2. The summed E-state index contributed by atoms with van der Waals surface area (Å²) in [7, 11) is 0. The molecule has 4 heteroatoms. The van der Waals surface area contributed by atoms with E-state index in [-0.39, 0.29) is 5.91 Å². The predicted octanol–water partition coefficient (Wildman–Crippen LogP) is 4.44. The minimum Gasteiger partial charge on any atom is -0.481 e. The van der Waals surface area contributed by atoms with Gasteiger partial charge in [-0.3, -0.25) is 4.79 Å². The lowest BCUT2D eigenvalue weighted by Gasteiger charge is -2.17. The van der Waals surface area contributed by atoms with E-state index >= 15 is 0 Å². The van der Waals surface area contributed by atoms with E-state index in [1.807, 2.05) is 38.1 Å².